The van der Waals surface area contributed by atoms with Crippen LogP contribution < -0.4 is 11.5 Å². The van der Waals surface area contributed by atoms with Gasteiger partial charge < -0.3 is 16.6 Å². The molecule has 0 aromatic heterocycles. The molecule has 2 aromatic carbocycles. The van der Waals surface area contributed by atoms with Crippen LogP contribution >= 0.6 is 0 Å². The van der Waals surface area contributed by atoms with Gasteiger partial charge in [0.2, 0.25) is 0 Å². The van der Waals surface area contributed by atoms with Gasteiger partial charge in [-0.25, -0.2) is 0 Å². The number of benzene rings is 2. The van der Waals surface area contributed by atoms with Crippen LogP contribution in [0.5, 0.6) is 0 Å². The number of para-hydroxylation sites is 1. The first-order valence-electron chi connectivity index (χ1n) is 6.38. The van der Waals surface area contributed by atoms with E-state index in [1.807, 2.05) is 36.4 Å². The molecule has 0 saturated carbocycles. The summed E-state index contributed by atoms with van der Waals surface area (Å²) in [6, 6.07) is 17.3. The van der Waals surface area contributed by atoms with E-state index < -0.39 is 12.0 Å². The summed E-state index contributed by atoms with van der Waals surface area (Å²) in [7, 11) is 0. The summed E-state index contributed by atoms with van der Waals surface area (Å²) in [4.78, 5) is 22.0. The van der Waals surface area contributed by atoms with E-state index in [1.165, 1.54) is 0 Å². The predicted molar refractivity (Wildman–Crippen MR) is 81.9 cm³/mol. The molecule has 0 radical (unpaired) electrons. The number of hydrogen-bond donors (Lipinski definition) is 3. The lowest BCUT2D eigenvalue weighted by molar-refractivity contribution is -0.138. The Labute approximate surface area is 123 Å². The van der Waals surface area contributed by atoms with Crippen molar-refractivity contribution >= 4 is 17.4 Å². The van der Waals surface area contributed by atoms with E-state index in [0.717, 1.165) is 0 Å². The molecule has 0 aliphatic carbocycles. The van der Waals surface area contributed by atoms with Gasteiger partial charge in [0.25, 0.3) is 0 Å². The highest BCUT2D eigenvalue weighted by atomic mass is 16.4. The number of nitrogen functional groups attached to an aromatic ring is 1. The van der Waals surface area contributed by atoms with Gasteiger partial charge in [0.15, 0.2) is 5.78 Å². The fourth-order valence-corrected chi connectivity index (χ4v) is 1.53. The number of hydrogen-bond acceptors (Lipinski definition) is 4. The van der Waals surface area contributed by atoms with E-state index in [1.54, 1.807) is 24.3 Å². The molecule has 2 aromatic rings. The molecule has 5 N–H and O–H groups in total. The summed E-state index contributed by atoms with van der Waals surface area (Å²) in [5, 5.41) is 8.54. The molecule has 110 valence electrons. The molecule has 0 aliphatic rings. The molecule has 0 amide bonds. The Kier molecular flexibility index (Phi) is 6.63. The Morgan fingerprint density at radius 1 is 0.952 bits per heavy atom. The zero-order chi connectivity index (χ0) is 15.7. The molecule has 0 saturated heterocycles. The van der Waals surface area contributed by atoms with E-state index in [-0.39, 0.29) is 12.2 Å². The molecular weight excluding hydrogens is 268 g/mol. The lowest BCUT2D eigenvalue weighted by Crippen LogP contribution is -2.32. The molecule has 0 spiro atoms. The highest BCUT2D eigenvalue weighted by Crippen LogP contribution is 2.13. The minimum Gasteiger partial charge on any atom is -0.480 e. The zero-order valence-electron chi connectivity index (χ0n) is 11.5. The maximum atomic E-state index is 11.6. The summed E-state index contributed by atoms with van der Waals surface area (Å²) >= 11 is 0. The fourth-order valence-electron chi connectivity index (χ4n) is 1.53. The molecule has 0 aliphatic heterocycles. The molecule has 1 atom stereocenters. The Hall–Kier alpha value is -2.66. The number of carboxylic acid groups (broad SMARTS) is 1. The van der Waals surface area contributed by atoms with Gasteiger partial charge in [-0.05, 0) is 12.1 Å². The topological polar surface area (TPSA) is 106 Å². The number of anilines is 1. The number of ketones is 1. The van der Waals surface area contributed by atoms with E-state index in [9.17, 15) is 9.59 Å². The highest BCUT2D eigenvalue weighted by Gasteiger charge is 2.18. The van der Waals surface area contributed by atoms with Crippen LogP contribution in [0.4, 0.5) is 5.69 Å². The maximum absolute atomic E-state index is 11.6. The molecule has 5 heteroatoms. The quantitative estimate of drug-likeness (QED) is 0.588. The second-order valence-corrected chi connectivity index (χ2v) is 4.31. The SMILES string of the molecule is Nc1ccccc1C(=O)CC(N)C(=O)O.c1ccccc1. The third-order valence-corrected chi connectivity index (χ3v) is 2.65. The summed E-state index contributed by atoms with van der Waals surface area (Å²) in [6.07, 6.45) is -0.246. The van der Waals surface area contributed by atoms with Crippen LogP contribution in [0.1, 0.15) is 16.8 Å². The Bertz CT molecular complexity index is 558. The average molecular weight is 286 g/mol. The number of rotatable bonds is 4. The summed E-state index contributed by atoms with van der Waals surface area (Å²) in [6.45, 7) is 0. The number of Topliss-reactive ketones (excluding diaryl/α,β-unsaturated/α-hetero) is 1. The van der Waals surface area contributed by atoms with Crippen molar-refractivity contribution in [2.24, 2.45) is 5.73 Å². The lowest BCUT2D eigenvalue weighted by Gasteiger charge is -2.07. The van der Waals surface area contributed by atoms with Crippen molar-refractivity contribution in [3.05, 3.63) is 66.2 Å². The summed E-state index contributed by atoms with van der Waals surface area (Å²) in [5.74, 6) is -1.55. The van der Waals surface area contributed by atoms with E-state index >= 15 is 0 Å². The highest BCUT2D eigenvalue weighted by molar-refractivity contribution is 6.02. The molecular formula is C16H18N2O3. The Morgan fingerprint density at radius 2 is 1.43 bits per heavy atom. The van der Waals surface area contributed by atoms with Crippen molar-refractivity contribution in [3.63, 3.8) is 0 Å². The molecule has 21 heavy (non-hydrogen) atoms. The van der Waals surface area contributed by atoms with Gasteiger partial charge >= 0.3 is 5.97 Å². The van der Waals surface area contributed by atoms with Crippen LogP contribution in [0, 0.1) is 0 Å². The minimum atomic E-state index is -1.20. The van der Waals surface area contributed by atoms with Crippen LogP contribution in [0.3, 0.4) is 0 Å². The largest absolute Gasteiger partial charge is 0.480 e. The number of carboxylic acids is 1. The van der Waals surface area contributed by atoms with Crippen LogP contribution in [-0.4, -0.2) is 22.9 Å². The zero-order valence-corrected chi connectivity index (χ0v) is 11.5. The first-order valence-corrected chi connectivity index (χ1v) is 6.38. The van der Waals surface area contributed by atoms with Crippen molar-refractivity contribution in [2.45, 2.75) is 12.5 Å². The van der Waals surface area contributed by atoms with Crippen molar-refractivity contribution in [3.8, 4) is 0 Å². The van der Waals surface area contributed by atoms with Gasteiger partial charge in [-0.1, -0.05) is 48.5 Å². The Balaban J connectivity index is 0.000000304. The third-order valence-electron chi connectivity index (χ3n) is 2.65. The van der Waals surface area contributed by atoms with Gasteiger partial charge in [0, 0.05) is 17.7 Å². The number of carbonyl (C=O) groups excluding carboxylic acids is 1. The number of aliphatic carboxylic acids is 1. The monoisotopic (exact) mass is 286 g/mol. The van der Waals surface area contributed by atoms with Gasteiger partial charge in [0.05, 0.1) is 0 Å². The predicted octanol–water partition coefficient (Wildman–Crippen LogP) is 1.94. The van der Waals surface area contributed by atoms with Crippen LogP contribution in [-0.2, 0) is 4.79 Å². The molecule has 0 fully saturated rings. The smallest absolute Gasteiger partial charge is 0.320 e. The van der Waals surface area contributed by atoms with Crippen LogP contribution in [0.15, 0.2) is 60.7 Å². The maximum Gasteiger partial charge on any atom is 0.320 e. The average Bonchev–Trinajstić information content (AvgIpc) is 2.49. The number of nitrogens with two attached hydrogens (primary N) is 2. The number of carbonyl (C=O) groups is 2. The second-order valence-electron chi connectivity index (χ2n) is 4.31. The van der Waals surface area contributed by atoms with Gasteiger partial charge in [-0.3, -0.25) is 9.59 Å². The Morgan fingerprint density at radius 3 is 1.86 bits per heavy atom. The van der Waals surface area contributed by atoms with Crippen molar-refractivity contribution < 1.29 is 14.7 Å². The molecule has 1 unspecified atom stereocenters. The lowest BCUT2D eigenvalue weighted by atomic mass is 10.0. The standard InChI is InChI=1S/C10H12N2O3.C6H6/c11-7-4-2-1-3-6(7)9(13)5-8(12)10(14)15;1-2-4-6-5-3-1/h1-4,8H,5,11-12H2,(H,14,15);1-6H. The summed E-state index contributed by atoms with van der Waals surface area (Å²) in [5.41, 5.74) is 11.5. The molecule has 0 heterocycles. The van der Waals surface area contributed by atoms with E-state index in [0.29, 0.717) is 11.3 Å². The minimum absolute atomic E-state index is 0.246. The normalized spacial score (nSPS) is 10.9. The molecule has 0 bridgehead atoms. The van der Waals surface area contributed by atoms with Gasteiger partial charge in [-0.2, -0.15) is 0 Å². The van der Waals surface area contributed by atoms with E-state index in [2.05, 4.69) is 0 Å². The van der Waals surface area contributed by atoms with Gasteiger partial charge in [0.1, 0.15) is 6.04 Å². The van der Waals surface area contributed by atoms with Crippen molar-refractivity contribution in [1.82, 2.24) is 0 Å². The van der Waals surface area contributed by atoms with Crippen LogP contribution in [0.2, 0.25) is 0 Å². The first-order chi connectivity index (χ1) is 10.0. The summed E-state index contributed by atoms with van der Waals surface area (Å²) < 4.78 is 0. The van der Waals surface area contributed by atoms with Crippen LogP contribution in [0.25, 0.3) is 0 Å². The third kappa shape index (κ3) is 5.88. The first kappa shape index (κ1) is 16.4. The van der Waals surface area contributed by atoms with Crippen molar-refractivity contribution in [1.29, 1.82) is 0 Å². The second kappa shape index (κ2) is 8.50. The van der Waals surface area contributed by atoms with Crippen molar-refractivity contribution in [2.75, 3.05) is 5.73 Å². The molecule has 2 rings (SSSR count). The van der Waals surface area contributed by atoms with E-state index in [4.69, 9.17) is 16.6 Å². The molecule has 5 nitrogen and oxygen atoms in total. The van der Waals surface area contributed by atoms with Gasteiger partial charge in [-0.15, -0.1) is 0 Å². The fraction of sp³-hybridized carbons (Fsp3) is 0.125.